The Labute approximate surface area is 128 Å². The van der Waals surface area contributed by atoms with Crippen molar-refractivity contribution in [2.45, 2.75) is 70.3 Å². The lowest BCUT2D eigenvalue weighted by Gasteiger charge is -2.21. The molecule has 1 aliphatic rings. The molecular weight excluding hydrogens is 260 g/mol. The zero-order valence-corrected chi connectivity index (χ0v) is 12.9. The SMILES string of the molecule is O/N=C1/CCCCCCCCCC[C@@H]1Nc1ccccc1. The van der Waals surface area contributed by atoms with E-state index in [9.17, 15) is 5.21 Å². The molecule has 2 N–H and O–H groups in total. The first-order valence-electron chi connectivity index (χ1n) is 8.42. The lowest BCUT2D eigenvalue weighted by Crippen LogP contribution is -2.30. The third-order valence-electron chi connectivity index (χ3n) is 4.32. The van der Waals surface area contributed by atoms with E-state index in [0.717, 1.165) is 30.7 Å². The van der Waals surface area contributed by atoms with E-state index in [0.29, 0.717) is 0 Å². The minimum atomic E-state index is 0.164. The fourth-order valence-corrected chi connectivity index (χ4v) is 3.07. The minimum Gasteiger partial charge on any atom is -0.411 e. The van der Waals surface area contributed by atoms with Gasteiger partial charge < -0.3 is 10.5 Å². The Bertz CT molecular complexity index is 416. The van der Waals surface area contributed by atoms with E-state index < -0.39 is 0 Å². The highest BCUT2D eigenvalue weighted by molar-refractivity contribution is 5.91. The summed E-state index contributed by atoms with van der Waals surface area (Å²) < 4.78 is 0. The minimum absolute atomic E-state index is 0.164. The van der Waals surface area contributed by atoms with Crippen molar-refractivity contribution < 1.29 is 5.21 Å². The van der Waals surface area contributed by atoms with Gasteiger partial charge in [-0.15, -0.1) is 0 Å². The molecule has 0 aliphatic heterocycles. The fourth-order valence-electron chi connectivity index (χ4n) is 3.07. The van der Waals surface area contributed by atoms with Crippen molar-refractivity contribution in [1.82, 2.24) is 0 Å². The highest BCUT2D eigenvalue weighted by Gasteiger charge is 2.16. The molecule has 0 heterocycles. The molecule has 0 amide bonds. The molecule has 1 aromatic carbocycles. The molecule has 0 radical (unpaired) electrons. The molecule has 3 nitrogen and oxygen atoms in total. The number of nitrogens with one attached hydrogen (secondary N) is 1. The van der Waals surface area contributed by atoms with Gasteiger partial charge in [0.25, 0.3) is 0 Å². The van der Waals surface area contributed by atoms with Gasteiger partial charge in [-0.1, -0.05) is 68.3 Å². The smallest absolute Gasteiger partial charge is 0.0792 e. The van der Waals surface area contributed by atoms with E-state index in [4.69, 9.17) is 0 Å². The van der Waals surface area contributed by atoms with Crippen molar-refractivity contribution in [3.05, 3.63) is 30.3 Å². The third-order valence-corrected chi connectivity index (χ3v) is 4.32. The molecule has 1 aromatic rings. The Balaban J connectivity index is 2.00. The normalized spacial score (nSPS) is 24.0. The maximum absolute atomic E-state index is 9.39. The van der Waals surface area contributed by atoms with Crippen LogP contribution in [0.15, 0.2) is 35.5 Å². The fraction of sp³-hybridized carbons (Fsp3) is 0.611. The number of nitrogens with zero attached hydrogens (tertiary/aromatic N) is 1. The van der Waals surface area contributed by atoms with Crippen LogP contribution >= 0.6 is 0 Å². The van der Waals surface area contributed by atoms with E-state index in [-0.39, 0.29) is 6.04 Å². The predicted octanol–water partition coefficient (Wildman–Crippen LogP) is 5.21. The van der Waals surface area contributed by atoms with Crippen molar-refractivity contribution in [3.63, 3.8) is 0 Å². The second-order valence-corrected chi connectivity index (χ2v) is 6.02. The number of oxime groups is 1. The van der Waals surface area contributed by atoms with Crippen molar-refractivity contribution in [2.75, 3.05) is 5.32 Å². The second kappa shape index (κ2) is 9.43. The monoisotopic (exact) mass is 288 g/mol. The van der Waals surface area contributed by atoms with E-state index in [1.165, 1.54) is 44.9 Å². The summed E-state index contributed by atoms with van der Waals surface area (Å²) in [6, 6.07) is 10.4. The number of rotatable bonds is 2. The van der Waals surface area contributed by atoms with Gasteiger partial charge in [0.05, 0.1) is 11.8 Å². The van der Waals surface area contributed by atoms with Gasteiger partial charge in [-0.05, 0) is 31.4 Å². The average Bonchev–Trinajstić information content (AvgIpc) is 2.51. The van der Waals surface area contributed by atoms with Gasteiger partial charge in [0.1, 0.15) is 0 Å². The number of benzene rings is 1. The summed E-state index contributed by atoms with van der Waals surface area (Å²) in [7, 11) is 0. The van der Waals surface area contributed by atoms with Crippen LogP contribution in [0.3, 0.4) is 0 Å². The van der Waals surface area contributed by atoms with Crippen LogP contribution in [0.2, 0.25) is 0 Å². The molecule has 116 valence electrons. The zero-order valence-electron chi connectivity index (χ0n) is 12.9. The van der Waals surface area contributed by atoms with Gasteiger partial charge in [0, 0.05) is 5.69 Å². The largest absolute Gasteiger partial charge is 0.411 e. The first-order chi connectivity index (χ1) is 10.4. The van der Waals surface area contributed by atoms with Gasteiger partial charge in [-0.3, -0.25) is 0 Å². The van der Waals surface area contributed by atoms with Crippen LogP contribution in [0.5, 0.6) is 0 Å². The summed E-state index contributed by atoms with van der Waals surface area (Å²) in [5.41, 5.74) is 2.02. The molecule has 1 atom stereocenters. The first kappa shape index (κ1) is 15.9. The maximum atomic E-state index is 9.39. The van der Waals surface area contributed by atoms with E-state index in [1.54, 1.807) is 0 Å². The second-order valence-electron chi connectivity index (χ2n) is 6.02. The topological polar surface area (TPSA) is 44.6 Å². The summed E-state index contributed by atoms with van der Waals surface area (Å²) in [5.74, 6) is 0. The van der Waals surface area contributed by atoms with Crippen LogP contribution in [0.1, 0.15) is 64.2 Å². The number of para-hydroxylation sites is 1. The van der Waals surface area contributed by atoms with Crippen LogP contribution in [0.25, 0.3) is 0 Å². The highest BCUT2D eigenvalue weighted by Crippen LogP contribution is 2.19. The molecule has 0 bridgehead atoms. The van der Waals surface area contributed by atoms with Crippen LogP contribution in [0.4, 0.5) is 5.69 Å². The Morgan fingerprint density at radius 3 is 2.14 bits per heavy atom. The zero-order chi connectivity index (χ0) is 14.8. The van der Waals surface area contributed by atoms with Crippen LogP contribution in [-0.2, 0) is 0 Å². The lowest BCUT2D eigenvalue weighted by molar-refractivity contribution is 0.314. The van der Waals surface area contributed by atoms with E-state index in [2.05, 4.69) is 22.6 Å². The van der Waals surface area contributed by atoms with Crippen LogP contribution in [0, 0.1) is 0 Å². The van der Waals surface area contributed by atoms with Gasteiger partial charge in [-0.25, -0.2) is 0 Å². The third kappa shape index (κ3) is 5.78. The lowest BCUT2D eigenvalue weighted by atomic mass is 9.96. The maximum Gasteiger partial charge on any atom is 0.0792 e. The van der Waals surface area contributed by atoms with Crippen molar-refractivity contribution in [2.24, 2.45) is 5.16 Å². The number of hydrogen-bond acceptors (Lipinski definition) is 3. The summed E-state index contributed by atoms with van der Waals surface area (Å²) >= 11 is 0. The standard InChI is InChI=1S/C18H28N2O/c21-20-18-15-11-6-4-2-1-3-5-10-14-17(18)19-16-12-8-7-9-13-16/h7-9,12-13,17,19,21H,1-6,10-11,14-15H2/b20-18-/t17-/m0/s1. The summed E-state index contributed by atoms with van der Waals surface area (Å²) in [6.45, 7) is 0. The quantitative estimate of drug-likeness (QED) is 0.579. The Hall–Kier alpha value is -1.51. The number of anilines is 1. The predicted molar refractivity (Wildman–Crippen MR) is 89.2 cm³/mol. The summed E-state index contributed by atoms with van der Waals surface area (Å²) in [5, 5.41) is 16.5. The molecule has 1 saturated carbocycles. The van der Waals surface area contributed by atoms with Crippen LogP contribution < -0.4 is 5.32 Å². The first-order valence-corrected chi connectivity index (χ1v) is 8.42. The van der Waals surface area contributed by atoms with Gasteiger partial charge in [0.15, 0.2) is 0 Å². The Morgan fingerprint density at radius 1 is 0.857 bits per heavy atom. The molecule has 0 aromatic heterocycles. The molecular formula is C18H28N2O. The van der Waals surface area contributed by atoms with E-state index >= 15 is 0 Å². The van der Waals surface area contributed by atoms with Crippen molar-refractivity contribution in [1.29, 1.82) is 0 Å². The summed E-state index contributed by atoms with van der Waals surface area (Å²) in [6.07, 6.45) is 12.2. The average molecular weight is 288 g/mol. The van der Waals surface area contributed by atoms with Gasteiger partial charge in [0.2, 0.25) is 0 Å². The molecule has 0 saturated heterocycles. The molecule has 0 spiro atoms. The summed E-state index contributed by atoms with van der Waals surface area (Å²) in [4.78, 5) is 0. The Morgan fingerprint density at radius 2 is 1.48 bits per heavy atom. The Kier molecular flexibility index (Phi) is 7.13. The van der Waals surface area contributed by atoms with Crippen molar-refractivity contribution in [3.8, 4) is 0 Å². The molecule has 2 rings (SSSR count). The molecule has 1 aliphatic carbocycles. The highest BCUT2D eigenvalue weighted by atomic mass is 16.4. The number of hydrogen-bond donors (Lipinski definition) is 2. The molecule has 0 unspecified atom stereocenters. The molecule has 1 fully saturated rings. The van der Waals surface area contributed by atoms with Crippen LogP contribution in [-0.4, -0.2) is 17.0 Å². The van der Waals surface area contributed by atoms with Gasteiger partial charge >= 0.3 is 0 Å². The van der Waals surface area contributed by atoms with Crippen molar-refractivity contribution >= 4 is 11.4 Å². The van der Waals surface area contributed by atoms with Gasteiger partial charge in [-0.2, -0.15) is 0 Å². The molecule has 3 heteroatoms. The van der Waals surface area contributed by atoms with E-state index in [1.807, 2.05) is 18.2 Å². The molecule has 21 heavy (non-hydrogen) atoms.